The second kappa shape index (κ2) is 10.5. The minimum atomic E-state index is 0.0378. The maximum atomic E-state index is 11.8. The fourth-order valence-electron chi connectivity index (χ4n) is 3.40. The van der Waals surface area contributed by atoms with Gasteiger partial charge in [-0.1, -0.05) is 25.7 Å². The highest BCUT2D eigenvalue weighted by Gasteiger charge is 2.15. The Labute approximate surface area is 147 Å². The standard InChI is InChI=1S/C18H35N5O/c1-22(2)17(24)15-20-18(21-16-9-5-3-6-10-16)19-11-14-23-12-7-4-8-13-23/h16H,3-15H2,1-2H3,(H2,19,20,21). The lowest BCUT2D eigenvalue weighted by Gasteiger charge is -2.28. The molecular formula is C18H35N5O. The number of amides is 1. The van der Waals surface area contributed by atoms with E-state index in [0.29, 0.717) is 6.04 Å². The maximum Gasteiger partial charge on any atom is 0.243 e. The molecule has 1 amide bonds. The number of nitrogens with one attached hydrogen (secondary N) is 2. The van der Waals surface area contributed by atoms with Crippen LogP contribution in [0.4, 0.5) is 0 Å². The number of carbonyl (C=O) groups excluding carboxylic acids is 1. The number of carbonyl (C=O) groups is 1. The van der Waals surface area contributed by atoms with Crippen molar-refractivity contribution in [2.24, 2.45) is 4.99 Å². The summed E-state index contributed by atoms with van der Waals surface area (Å²) in [6.45, 7) is 4.56. The van der Waals surface area contributed by atoms with Crippen LogP contribution >= 0.6 is 0 Å². The molecule has 1 heterocycles. The number of nitrogens with zero attached hydrogens (tertiary/aromatic N) is 3. The van der Waals surface area contributed by atoms with Crippen molar-refractivity contribution < 1.29 is 4.79 Å². The summed E-state index contributed by atoms with van der Waals surface area (Å²) in [4.78, 5) is 20.4. The van der Waals surface area contributed by atoms with E-state index in [1.54, 1.807) is 19.0 Å². The molecule has 0 aromatic heterocycles. The Balaban J connectivity index is 1.80. The molecule has 1 aliphatic heterocycles. The van der Waals surface area contributed by atoms with Crippen LogP contribution in [0.1, 0.15) is 51.4 Å². The van der Waals surface area contributed by atoms with Crippen molar-refractivity contribution in [3.8, 4) is 0 Å². The van der Waals surface area contributed by atoms with Gasteiger partial charge in [0.25, 0.3) is 0 Å². The van der Waals surface area contributed by atoms with Crippen molar-refractivity contribution in [2.75, 3.05) is 46.8 Å². The van der Waals surface area contributed by atoms with E-state index in [4.69, 9.17) is 0 Å². The molecule has 0 radical (unpaired) electrons. The third-order valence-corrected chi connectivity index (χ3v) is 4.99. The van der Waals surface area contributed by atoms with Gasteiger partial charge in [0.2, 0.25) is 5.91 Å². The van der Waals surface area contributed by atoms with E-state index in [1.807, 2.05) is 0 Å². The Morgan fingerprint density at radius 1 is 1.08 bits per heavy atom. The maximum absolute atomic E-state index is 11.8. The number of piperidine rings is 1. The number of likely N-dealkylation sites (tertiary alicyclic amines) is 1. The molecular weight excluding hydrogens is 302 g/mol. The summed E-state index contributed by atoms with van der Waals surface area (Å²) in [6.07, 6.45) is 10.3. The molecule has 6 nitrogen and oxygen atoms in total. The average Bonchev–Trinajstić information content (AvgIpc) is 2.61. The monoisotopic (exact) mass is 337 g/mol. The molecule has 2 rings (SSSR count). The first-order chi connectivity index (χ1) is 11.6. The summed E-state index contributed by atoms with van der Waals surface area (Å²) >= 11 is 0. The first-order valence-corrected chi connectivity index (χ1v) is 9.62. The van der Waals surface area contributed by atoms with Crippen LogP contribution in [0.2, 0.25) is 0 Å². The van der Waals surface area contributed by atoms with E-state index in [2.05, 4.69) is 20.5 Å². The molecule has 0 aromatic carbocycles. The smallest absolute Gasteiger partial charge is 0.243 e. The minimum absolute atomic E-state index is 0.0378. The highest BCUT2D eigenvalue weighted by molar-refractivity contribution is 5.84. The first kappa shape index (κ1) is 19.0. The molecule has 2 N–H and O–H groups in total. The van der Waals surface area contributed by atoms with Gasteiger partial charge in [-0.3, -0.25) is 4.79 Å². The number of rotatable bonds is 6. The van der Waals surface area contributed by atoms with Crippen molar-refractivity contribution in [1.82, 2.24) is 20.4 Å². The van der Waals surface area contributed by atoms with E-state index in [1.165, 1.54) is 64.5 Å². The van der Waals surface area contributed by atoms with Gasteiger partial charge in [0, 0.05) is 33.2 Å². The molecule has 2 aliphatic rings. The van der Waals surface area contributed by atoms with E-state index in [-0.39, 0.29) is 12.5 Å². The summed E-state index contributed by atoms with van der Waals surface area (Å²) < 4.78 is 0. The molecule has 1 saturated carbocycles. The highest BCUT2D eigenvalue weighted by atomic mass is 16.2. The zero-order chi connectivity index (χ0) is 17.2. The molecule has 1 aliphatic carbocycles. The number of guanidine groups is 1. The lowest BCUT2D eigenvalue weighted by atomic mass is 9.96. The molecule has 24 heavy (non-hydrogen) atoms. The van der Waals surface area contributed by atoms with Crippen LogP contribution in [-0.4, -0.2) is 74.5 Å². The van der Waals surface area contributed by atoms with Crippen LogP contribution in [0.25, 0.3) is 0 Å². The Morgan fingerprint density at radius 3 is 2.42 bits per heavy atom. The fraction of sp³-hybridized carbons (Fsp3) is 0.889. The second-order valence-electron chi connectivity index (χ2n) is 7.26. The molecule has 0 bridgehead atoms. The van der Waals surface area contributed by atoms with Crippen molar-refractivity contribution in [3.05, 3.63) is 0 Å². The largest absolute Gasteiger partial charge is 0.355 e. The summed E-state index contributed by atoms with van der Waals surface area (Å²) in [7, 11) is 3.55. The first-order valence-electron chi connectivity index (χ1n) is 9.62. The van der Waals surface area contributed by atoms with Crippen LogP contribution in [0.5, 0.6) is 0 Å². The van der Waals surface area contributed by atoms with Crippen LogP contribution in [0.15, 0.2) is 4.99 Å². The van der Waals surface area contributed by atoms with E-state index >= 15 is 0 Å². The molecule has 138 valence electrons. The predicted molar refractivity (Wildman–Crippen MR) is 99.3 cm³/mol. The van der Waals surface area contributed by atoms with E-state index in [9.17, 15) is 4.79 Å². The summed E-state index contributed by atoms with van der Waals surface area (Å²) in [5.41, 5.74) is 0. The zero-order valence-electron chi connectivity index (χ0n) is 15.5. The van der Waals surface area contributed by atoms with Gasteiger partial charge < -0.3 is 20.4 Å². The van der Waals surface area contributed by atoms with Crippen molar-refractivity contribution in [1.29, 1.82) is 0 Å². The summed E-state index contributed by atoms with van der Waals surface area (Å²) in [5.74, 6) is 0.838. The predicted octanol–water partition coefficient (Wildman–Crippen LogP) is 1.43. The molecule has 2 fully saturated rings. The van der Waals surface area contributed by atoms with Gasteiger partial charge in [-0.25, -0.2) is 4.99 Å². The van der Waals surface area contributed by atoms with Gasteiger partial charge in [0.1, 0.15) is 6.54 Å². The van der Waals surface area contributed by atoms with E-state index < -0.39 is 0 Å². The SMILES string of the molecule is CN(C)C(=O)CN=C(NCCN1CCCCC1)NC1CCCCC1. The molecule has 0 aromatic rings. The van der Waals surface area contributed by atoms with Gasteiger partial charge >= 0.3 is 0 Å². The van der Waals surface area contributed by atoms with Crippen molar-refractivity contribution in [2.45, 2.75) is 57.4 Å². The summed E-state index contributed by atoms with van der Waals surface area (Å²) in [6, 6.07) is 0.495. The van der Waals surface area contributed by atoms with Gasteiger partial charge in [-0.2, -0.15) is 0 Å². The molecule has 0 atom stereocenters. The minimum Gasteiger partial charge on any atom is -0.355 e. The highest BCUT2D eigenvalue weighted by Crippen LogP contribution is 2.17. The van der Waals surface area contributed by atoms with Crippen LogP contribution in [-0.2, 0) is 4.79 Å². The van der Waals surface area contributed by atoms with Crippen molar-refractivity contribution in [3.63, 3.8) is 0 Å². The Kier molecular flexibility index (Phi) is 8.36. The third kappa shape index (κ3) is 7.07. The lowest BCUT2D eigenvalue weighted by Crippen LogP contribution is -2.47. The Hall–Kier alpha value is -1.30. The average molecular weight is 338 g/mol. The molecule has 6 heteroatoms. The zero-order valence-corrected chi connectivity index (χ0v) is 15.5. The summed E-state index contributed by atoms with van der Waals surface area (Å²) in [5, 5.41) is 6.97. The Morgan fingerprint density at radius 2 is 1.75 bits per heavy atom. The Bertz CT molecular complexity index is 398. The molecule has 0 spiro atoms. The van der Waals surface area contributed by atoms with Gasteiger partial charge in [-0.15, -0.1) is 0 Å². The van der Waals surface area contributed by atoms with E-state index in [0.717, 1.165) is 19.0 Å². The third-order valence-electron chi connectivity index (χ3n) is 4.99. The lowest BCUT2D eigenvalue weighted by molar-refractivity contribution is -0.127. The van der Waals surface area contributed by atoms with Gasteiger partial charge in [-0.05, 0) is 38.8 Å². The van der Waals surface area contributed by atoms with Crippen LogP contribution in [0, 0.1) is 0 Å². The quantitative estimate of drug-likeness (QED) is 0.569. The van der Waals surface area contributed by atoms with Crippen LogP contribution < -0.4 is 10.6 Å². The normalized spacial score (nSPS) is 20.7. The number of aliphatic imine (C=N–C) groups is 1. The number of hydrogen-bond acceptors (Lipinski definition) is 3. The molecule has 1 saturated heterocycles. The van der Waals surface area contributed by atoms with Gasteiger partial charge in [0.05, 0.1) is 0 Å². The number of hydrogen-bond donors (Lipinski definition) is 2. The van der Waals surface area contributed by atoms with Gasteiger partial charge in [0.15, 0.2) is 5.96 Å². The fourth-order valence-corrected chi connectivity index (χ4v) is 3.40. The van der Waals surface area contributed by atoms with Crippen LogP contribution in [0.3, 0.4) is 0 Å². The van der Waals surface area contributed by atoms with Crippen molar-refractivity contribution >= 4 is 11.9 Å². The molecule has 0 unspecified atom stereocenters. The second-order valence-corrected chi connectivity index (χ2v) is 7.26. The topological polar surface area (TPSA) is 60.0 Å². The number of likely N-dealkylation sites (N-methyl/N-ethyl adjacent to an activating group) is 1.